The predicted molar refractivity (Wildman–Crippen MR) is 104 cm³/mol. The van der Waals surface area contributed by atoms with Gasteiger partial charge in [-0.25, -0.2) is 14.5 Å². The monoisotopic (exact) mass is 412 g/mol. The van der Waals surface area contributed by atoms with Gasteiger partial charge in [0.05, 0.1) is 0 Å². The van der Waals surface area contributed by atoms with Crippen molar-refractivity contribution < 1.29 is 12.8 Å². The molecular formula is C17H18ClFN4O3S. The molecule has 0 spiro atoms. The summed E-state index contributed by atoms with van der Waals surface area (Å²) in [5, 5.41) is 5.80. The molecule has 0 radical (unpaired) electrons. The molecule has 0 atom stereocenters. The zero-order valence-electron chi connectivity index (χ0n) is 14.3. The number of halogens is 2. The average molecular weight is 413 g/mol. The molecule has 3 rings (SSSR count). The Labute approximate surface area is 161 Å². The maximum Gasteiger partial charge on any atom is 0.277 e. The molecule has 10 heteroatoms. The van der Waals surface area contributed by atoms with Gasteiger partial charge in [0.2, 0.25) is 5.56 Å². The summed E-state index contributed by atoms with van der Waals surface area (Å²) in [5.41, 5.74) is 1.65. The van der Waals surface area contributed by atoms with Crippen LogP contribution in [0.4, 0.5) is 4.39 Å². The molecule has 0 aliphatic rings. The lowest BCUT2D eigenvalue weighted by atomic mass is 10.0. The van der Waals surface area contributed by atoms with E-state index in [0.29, 0.717) is 22.2 Å². The second-order valence-corrected chi connectivity index (χ2v) is 7.27. The standard InChI is InChI=1S/C17H17FN4O3S.ClH/c1-2-22(26(19,24)25)10-12-4-3-11(9-15(12)18)13-7-8-20-17-14(13)5-6-16(23)21-17;/h3-9H,2,10H2,1H3,(H2,19,24,25)(H,20,21,23);1H. The van der Waals surface area contributed by atoms with Gasteiger partial charge in [0.1, 0.15) is 11.5 Å². The van der Waals surface area contributed by atoms with Crippen LogP contribution in [-0.2, 0) is 16.8 Å². The van der Waals surface area contributed by atoms with Crippen molar-refractivity contribution in [2.75, 3.05) is 6.54 Å². The summed E-state index contributed by atoms with van der Waals surface area (Å²) in [6.07, 6.45) is 1.53. The molecule has 0 aliphatic heterocycles. The predicted octanol–water partition coefficient (Wildman–Crippen LogP) is 2.18. The van der Waals surface area contributed by atoms with Crippen molar-refractivity contribution in [1.29, 1.82) is 0 Å². The summed E-state index contributed by atoms with van der Waals surface area (Å²) in [6, 6.07) is 9.27. The molecule has 0 unspecified atom stereocenters. The van der Waals surface area contributed by atoms with E-state index in [1.165, 1.54) is 24.4 Å². The van der Waals surface area contributed by atoms with Crippen molar-refractivity contribution in [1.82, 2.24) is 14.3 Å². The SMILES string of the molecule is CCN(Cc1ccc(-c2ccnc3[nH]c(=O)ccc23)cc1F)S(N)(=O)=O.Cl. The summed E-state index contributed by atoms with van der Waals surface area (Å²) in [4.78, 5) is 18.2. The van der Waals surface area contributed by atoms with E-state index in [1.54, 1.807) is 25.1 Å². The molecule has 0 bridgehead atoms. The molecule has 0 saturated carbocycles. The van der Waals surface area contributed by atoms with E-state index < -0.39 is 16.0 Å². The fraction of sp³-hybridized carbons (Fsp3) is 0.176. The number of aromatic nitrogens is 2. The number of hydrogen-bond acceptors (Lipinski definition) is 4. The van der Waals surface area contributed by atoms with Gasteiger partial charge in [-0.3, -0.25) is 4.79 Å². The van der Waals surface area contributed by atoms with Crippen molar-refractivity contribution in [3.8, 4) is 11.1 Å². The number of hydrogen-bond donors (Lipinski definition) is 2. The minimum atomic E-state index is -3.90. The number of nitrogens with zero attached hydrogens (tertiary/aromatic N) is 2. The van der Waals surface area contributed by atoms with Crippen molar-refractivity contribution in [3.05, 3.63) is 64.3 Å². The van der Waals surface area contributed by atoms with Crippen LogP contribution in [0.1, 0.15) is 12.5 Å². The quantitative estimate of drug-likeness (QED) is 0.669. The lowest BCUT2D eigenvalue weighted by molar-refractivity contribution is 0.416. The molecule has 0 aliphatic carbocycles. The van der Waals surface area contributed by atoms with Crippen LogP contribution in [0.5, 0.6) is 0 Å². The van der Waals surface area contributed by atoms with Crippen LogP contribution < -0.4 is 10.7 Å². The largest absolute Gasteiger partial charge is 0.307 e. The summed E-state index contributed by atoms with van der Waals surface area (Å²) in [5.74, 6) is -0.543. The molecular weight excluding hydrogens is 395 g/mol. The third-order valence-electron chi connectivity index (χ3n) is 4.06. The lowest BCUT2D eigenvalue weighted by Gasteiger charge is -2.18. The Morgan fingerprint density at radius 1 is 1.22 bits per heavy atom. The van der Waals surface area contributed by atoms with Crippen LogP contribution in [-0.4, -0.2) is 29.2 Å². The first kappa shape index (κ1) is 21.0. The van der Waals surface area contributed by atoms with E-state index >= 15 is 0 Å². The number of pyridine rings is 2. The van der Waals surface area contributed by atoms with Gasteiger partial charge < -0.3 is 4.98 Å². The highest BCUT2D eigenvalue weighted by atomic mass is 35.5. The minimum absolute atomic E-state index is 0. The Balaban J connectivity index is 0.00000261. The van der Waals surface area contributed by atoms with Crippen LogP contribution in [0, 0.1) is 5.82 Å². The van der Waals surface area contributed by atoms with Crippen LogP contribution in [0.25, 0.3) is 22.2 Å². The molecule has 0 amide bonds. The molecule has 3 N–H and O–H groups in total. The van der Waals surface area contributed by atoms with Crippen molar-refractivity contribution in [2.45, 2.75) is 13.5 Å². The minimum Gasteiger partial charge on any atom is -0.307 e. The maximum absolute atomic E-state index is 14.5. The number of benzene rings is 1. The second-order valence-electron chi connectivity index (χ2n) is 5.72. The first-order valence-corrected chi connectivity index (χ1v) is 9.34. The van der Waals surface area contributed by atoms with Gasteiger partial charge in [-0.1, -0.05) is 19.1 Å². The summed E-state index contributed by atoms with van der Waals surface area (Å²) >= 11 is 0. The van der Waals surface area contributed by atoms with E-state index in [0.717, 1.165) is 4.31 Å². The summed E-state index contributed by atoms with van der Waals surface area (Å²) in [6.45, 7) is 1.62. The molecule has 0 saturated heterocycles. The molecule has 2 heterocycles. The third-order valence-corrected chi connectivity index (χ3v) is 5.16. The van der Waals surface area contributed by atoms with Crippen LogP contribution in [0.3, 0.4) is 0 Å². The fourth-order valence-electron chi connectivity index (χ4n) is 2.73. The molecule has 0 fully saturated rings. The number of nitrogens with two attached hydrogens (primary N) is 1. The molecule has 7 nitrogen and oxygen atoms in total. The summed E-state index contributed by atoms with van der Waals surface area (Å²) in [7, 11) is -3.90. The molecule has 27 heavy (non-hydrogen) atoms. The average Bonchev–Trinajstić information content (AvgIpc) is 2.58. The first-order valence-electron chi connectivity index (χ1n) is 7.84. The van der Waals surface area contributed by atoms with Gasteiger partial charge in [-0.05, 0) is 29.3 Å². The van der Waals surface area contributed by atoms with Crippen LogP contribution in [0.15, 0.2) is 47.4 Å². The first-order chi connectivity index (χ1) is 12.3. The normalized spacial score (nSPS) is 11.6. The zero-order chi connectivity index (χ0) is 18.9. The van der Waals surface area contributed by atoms with Gasteiger partial charge in [0.25, 0.3) is 10.2 Å². The zero-order valence-corrected chi connectivity index (χ0v) is 16.0. The number of rotatable bonds is 5. The Morgan fingerprint density at radius 2 is 1.96 bits per heavy atom. The highest BCUT2D eigenvalue weighted by Crippen LogP contribution is 2.27. The smallest absolute Gasteiger partial charge is 0.277 e. The van der Waals surface area contributed by atoms with Crippen molar-refractivity contribution >= 4 is 33.6 Å². The van der Waals surface area contributed by atoms with Crippen molar-refractivity contribution in [2.24, 2.45) is 5.14 Å². The molecule has 1 aromatic carbocycles. The van der Waals surface area contributed by atoms with Crippen molar-refractivity contribution in [3.63, 3.8) is 0 Å². The lowest BCUT2D eigenvalue weighted by Crippen LogP contribution is -2.36. The Hall–Kier alpha value is -2.33. The van der Waals surface area contributed by atoms with E-state index in [2.05, 4.69) is 9.97 Å². The van der Waals surface area contributed by atoms with Gasteiger partial charge in [0, 0.05) is 36.3 Å². The highest BCUT2D eigenvalue weighted by molar-refractivity contribution is 7.86. The maximum atomic E-state index is 14.5. The van der Waals surface area contributed by atoms with Crippen LogP contribution in [0.2, 0.25) is 0 Å². The van der Waals surface area contributed by atoms with E-state index in [9.17, 15) is 17.6 Å². The number of nitrogens with one attached hydrogen (secondary N) is 1. The number of H-pyrrole nitrogens is 1. The summed E-state index contributed by atoms with van der Waals surface area (Å²) < 4.78 is 38.5. The van der Waals surface area contributed by atoms with Gasteiger partial charge >= 0.3 is 0 Å². The second kappa shape index (κ2) is 8.13. The Kier molecular flexibility index (Phi) is 6.32. The topological polar surface area (TPSA) is 109 Å². The molecule has 144 valence electrons. The Bertz CT molecular complexity index is 1130. The van der Waals surface area contributed by atoms with Crippen LogP contribution >= 0.6 is 12.4 Å². The highest BCUT2D eigenvalue weighted by Gasteiger charge is 2.18. The van der Waals surface area contributed by atoms with E-state index in [4.69, 9.17) is 5.14 Å². The Morgan fingerprint density at radius 3 is 2.59 bits per heavy atom. The van der Waals surface area contributed by atoms with E-state index in [1.807, 2.05) is 0 Å². The number of aromatic amines is 1. The molecule has 3 aromatic rings. The number of fused-ring (bicyclic) bond motifs is 1. The fourth-order valence-corrected chi connectivity index (χ4v) is 3.40. The van der Waals surface area contributed by atoms with Gasteiger partial charge in [-0.15, -0.1) is 12.4 Å². The molecule has 2 aromatic heterocycles. The third kappa shape index (κ3) is 4.51. The van der Waals surface area contributed by atoms with Gasteiger partial charge in [0.15, 0.2) is 0 Å². The van der Waals surface area contributed by atoms with Gasteiger partial charge in [-0.2, -0.15) is 12.7 Å². The van der Waals surface area contributed by atoms with E-state index in [-0.39, 0.29) is 36.6 Å².